The number of rotatable bonds is 0. The largest absolute Gasteiger partial charge is 2.00 e. The second kappa shape index (κ2) is 28.8. The summed E-state index contributed by atoms with van der Waals surface area (Å²) in [6.45, 7) is 0. The van der Waals surface area contributed by atoms with Gasteiger partial charge in [0.1, 0.15) is 0 Å². The predicted molar refractivity (Wildman–Crippen MR) is 1.37 cm³/mol. The molecule has 0 aromatic heterocycles. The standard InChI is InChI=1S/2O.2Pd/q2*-2;2*+2. The molecule has 4 heavy (non-hydrogen) atoms. The molecule has 0 bridgehead atoms. The zero-order valence-corrected chi connectivity index (χ0v) is 4.56. The maximum Gasteiger partial charge on any atom is 2.00 e. The van der Waals surface area contributed by atoms with Crippen molar-refractivity contribution < 1.29 is 51.8 Å². The van der Waals surface area contributed by atoms with E-state index < -0.39 is 0 Å². The molecule has 0 spiro atoms. The second-order valence-electron chi connectivity index (χ2n) is 0. The number of hydrogen-bond acceptors (Lipinski definition) is 0. The molecule has 0 unspecified atom stereocenters. The van der Waals surface area contributed by atoms with Gasteiger partial charge in [-0.25, -0.2) is 0 Å². The Balaban J connectivity index is 0. The Morgan fingerprint density at radius 3 is 0.500 bits per heavy atom. The molecule has 0 aliphatic carbocycles. The van der Waals surface area contributed by atoms with Gasteiger partial charge < -0.3 is 11.0 Å². The van der Waals surface area contributed by atoms with Crippen molar-refractivity contribution in [3.8, 4) is 0 Å². The molecular weight excluding hydrogens is 245 g/mol. The van der Waals surface area contributed by atoms with Crippen LogP contribution in [-0.4, -0.2) is 0 Å². The van der Waals surface area contributed by atoms with E-state index >= 15 is 0 Å². The van der Waals surface area contributed by atoms with Crippen molar-refractivity contribution in [1.29, 1.82) is 0 Å². The third-order valence-electron chi connectivity index (χ3n) is 0. The molecule has 0 amide bonds. The Hall–Kier alpha value is 1.24. The molecule has 0 aromatic carbocycles. The smallest absolute Gasteiger partial charge is 2.00 e. The van der Waals surface area contributed by atoms with Gasteiger partial charge in [0.25, 0.3) is 0 Å². The topological polar surface area (TPSA) is 57.0 Å². The van der Waals surface area contributed by atoms with Crippen LogP contribution in [0.25, 0.3) is 0 Å². The van der Waals surface area contributed by atoms with Crippen LogP contribution in [0.15, 0.2) is 0 Å². The minimum atomic E-state index is 0. The molecule has 32 valence electrons. The van der Waals surface area contributed by atoms with E-state index in [-0.39, 0.29) is 51.8 Å². The summed E-state index contributed by atoms with van der Waals surface area (Å²) >= 11 is 0. The van der Waals surface area contributed by atoms with Crippen LogP contribution in [0.2, 0.25) is 0 Å². The molecule has 4 heteroatoms. The Morgan fingerprint density at radius 1 is 0.500 bits per heavy atom. The van der Waals surface area contributed by atoms with E-state index in [2.05, 4.69) is 0 Å². The van der Waals surface area contributed by atoms with Gasteiger partial charge in [0.05, 0.1) is 0 Å². The van der Waals surface area contributed by atoms with Crippen LogP contribution >= 0.6 is 0 Å². The van der Waals surface area contributed by atoms with Crippen LogP contribution < -0.4 is 0 Å². The van der Waals surface area contributed by atoms with Crippen LogP contribution in [0.4, 0.5) is 0 Å². The van der Waals surface area contributed by atoms with Gasteiger partial charge in [-0.15, -0.1) is 0 Å². The molecule has 0 fully saturated rings. The quantitative estimate of drug-likeness (QED) is 0.528. The van der Waals surface area contributed by atoms with E-state index in [1.807, 2.05) is 0 Å². The minimum Gasteiger partial charge on any atom is -2.00 e. The average Bonchev–Trinajstić information content (AvgIpc) is 0. The molecule has 0 heterocycles. The van der Waals surface area contributed by atoms with Crippen molar-refractivity contribution in [2.75, 3.05) is 0 Å². The third-order valence-corrected chi connectivity index (χ3v) is 0. The van der Waals surface area contributed by atoms with Crippen molar-refractivity contribution in [2.24, 2.45) is 0 Å². The summed E-state index contributed by atoms with van der Waals surface area (Å²) in [4.78, 5) is 0. The molecule has 0 saturated carbocycles. The molecule has 0 rings (SSSR count). The van der Waals surface area contributed by atoms with Crippen molar-refractivity contribution in [3.05, 3.63) is 0 Å². The van der Waals surface area contributed by atoms with E-state index in [1.54, 1.807) is 0 Å². The molecule has 0 saturated heterocycles. The summed E-state index contributed by atoms with van der Waals surface area (Å²) in [5.74, 6) is 0. The first-order chi connectivity index (χ1) is 0. The van der Waals surface area contributed by atoms with Crippen LogP contribution in [0.1, 0.15) is 0 Å². The Labute approximate surface area is 51.9 Å². The zero-order valence-electron chi connectivity index (χ0n) is 1.45. The normalized spacial score (nSPS) is 0. The maximum absolute atomic E-state index is 0. The van der Waals surface area contributed by atoms with Crippen molar-refractivity contribution in [2.45, 2.75) is 0 Å². The Morgan fingerprint density at radius 2 is 0.500 bits per heavy atom. The van der Waals surface area contributed by atoms with Gasteiger partial charge in [-0.05, 0) is 0 Å². The fourth-order valence-electron chi connectivity index (χ4n) is 0. The van der Waals surface area contributed by atoms with Gasteiger partial charge in [0, 0.05) is 0 Å². The molecule has 2 nitrogen and oxygen atoms in total. The van der Waals surface area contributed by atoms with Crippen LogP contribution in [0.5, 0.6) is 0 Å². The first-order valence-corrected chi connectivity index (χ1v) is 0. The molecule has 0 N–H and O–H groups in total. The van der Waals surface area contributed by atoms with Crippen LogP contribution in [0.3, 0.4) is 0 Å². The van der Waals surface area contributed by atoms with Gasteiger partial charge in [0.15, 0.2) is 0 Å². The number of hydrogen-bond donors (Lipinski definition) is 0. The van der Waals surface area contributed by atoms with Crippen LogP contribution in [0, 0.1) is 0 Å². The molecular formula is O2Pd2. The summed E-state index contributed by atoms with van der Waals surface area (Å²) in [5, 5.41) is 0. The molecule has 0 aliphatic rings. The first-order valence-electron chi connectivity index (χ1n) is 0. The van der Waals surface area contributed by atoms with Gasteiger partial charge in [-0.1, -0.05) is 0 Å². The van der Waals surface area contributed by atoms with E-state index in [0.717, 1.165) is 0 Å². The maximum atomic E-state index is 0. The molecule has 0 atom stereocenters. The van der Waals surface area contributed by atoms with Gasteiger partial charge in [0.2, 0.25) is 0 Å². The zero-order chi connectivity index (χ0) is 0. The monoisotopic (exact) mass is 244 g/mol. The summed E-state index contributed by atoms with van der Waals surface area (Å²) in [6, 6.07) is 0. The summed E-state index contributed by atoms with van der Waals surface area (Å²) in [5.41, 5.74) is 0. The van der Waals surface area contributed by atoms with E-state index in [0.29, 0.717) is 0 Å². The molecule has 0 aromatic rings. The second-order valence-corrected chi connectivity index (χ2v) is 0. The van der Waals surface area contributed by atoms with E-state index in [9.17, 15) is 0 Å². The van der Waals surface area contributed by atoms with Gasteiger partial charge in [-0.2, -0.15) is 0 Å². The van der Waals surface area contributed by atoms with Crippen molar-refractivity contribution in [3.63, 3.8) is 0 Å². The average molecular weight is 245 g/mol. The van der Waals surface area contributed by atoms with Gasteiger partial charge >= 0.3 is 40.8 Å². The van der Waals surface area contributed by atoms with E-state index in [4.69, 9.17) is 0 Å². The fraction of sp³-hybridized carbons (Fsp3) is 0. The summed E-state index contributed by atoms with van der Waals surface area (Å²) in [7, 11) is 0. The van der Waals surface area contributed by atoms with Crippen molar-refractivity contribution >= 4 is 0 Å². The molecule has 0 aliphatic heterocycles. The summed E-state index contributed by atoms with van der Waals surface area (Å²) in [6.07, 6.45) is 0. The minimum absolute atomic E-state index is 0. The SMILES string of the molecule is [O-2].[O-2].[Pd+2].[Pd+2]. The summed E-state index contributed by atoms with van der Waals surface area (Å²) < 4.78 is 0. The predicted octanol–water partition coefficient (Wildman–Crippen LogP) is -0.243. The molecule has 0 radical (unpaired) electrons. The third kappa shape index (κ3) is 10.6. The van der Waals surface area contributed by atoms with Gasteiger partial charge in [-0.3, -0.25) is 0 Å². The fourth-order valence-corrected chi connectivity index (χ4v) is 0. The first kappa shape index (κ1) is 61.0. The van der Waals surface area contributed by atoms with Crippen molar-refractivity contribution in [1.82, 2.24) is 0 Å². The van der Waals surface area contributed by atoms with E-state index in [1.165, 1.54) is 0 Å². The Bertz CT molecular complexity index is 4.00. The Kier molecular flexibility index (Phi) is 440. The van der Waals surface area contributed by atoms with Crippen LogP contribution in [-0.2, 0) is 51.8 Å².